The monoisotopic (exact) mass is 207 g/mol. The van der Waals surface area contributed by atoms with Crippen molar-refractivity contribution in [3.05, 3.63) is 18.0 Å². The fourth-order valence-corrected chi connectivity index (χ4v) is 2.51. The second-order valence-electron chi connectivity index (χ2n) is 4.23. The van der Waals surface area contributed by atoms with Crippen LogP contribution in [-0.2, 0) is 0 Å². The molecule has 1 N–H and O–H groups in total. The maximum atomic E-state index is 11.9. The van der Waals surface area contributed by atoms with E-state index in [0.717, 1.165) is 19.6 Å². The fraction of sp³-hybridized carbons (Fsp3) is 0.600. The molecular formula is C10H13N3O2. The first kappa shape index (κ1) is 8.91. The molecule has 0 spiro atoms. The molecule has 0 radical (unpaired) electrons. The van der Waals surface area contributed by atoms with E-state index < -0.39 is 0 Å². The van der Waals surface area contributed by atoms with Crippen molar-refractivity contribution in [2.75, 3.05) is 19.6 Å². The molecule has 2 aliphatic heterocycles. The third kappa shape index (κ3) is 1.43. The quantitative estimate of drug-likeness (QED) is 0.710. The Bertz CT molecular complexity index is 351. The van der Waals surface area contributed by atoms with Gasteiger partial charge in [-0.05, 0) is 18.9 Å². The van der Waals surface area contributed by atoms with Gasteiger partial charge in [-0.15, -0.1) is 0 Å². The summed E-state index contributed by atoms with van der Waals surface area (Å²) < 4.78 is 4.68. The van der Waals surface area contributed by atoms with Crippen LogP contribution in [0.2, 0.25) is 0 Å². The highest BCUT2D eigenvalue weighted by molar-refractivity contribution is 5.93. The molecular weight excluding hydrogens is 194 g/mol. The van der Waals surface area contributed by atoms with Gasteiger partial charge in [-0.1, -0.05) is 5.16 Å². The Kier molecular flexibility index (Phi) is 1.98. The number of carbonyl (C=O) groups excluding carboxylic acids is 1. The summed E-state index contributed by atoms with van der Waals surface area (Å²) in [7, 11) is 0. The molecule has 1 aromatic rings. The molecule has 2 aliphatic rings. The largest absolute Gasteiger partial charge is 0.364 e. The summed E-state index contributed by atoms with van der Waals surface area (Å²) in [4.78, 5) is 13.8. The van der Waals surface area contributed by atoms with Gasteiger partial charge in [0.2, 0.25) is 0 Å². The van der Waals surface area contributed by atoms with E-state index in [2.05, 4.69) is 15.0 Å². The van der Waals surface area contributed by atoms with Crippen molar-refractivity contribution >= 4 is 5.91 Å². The molecule has 3 rings (SSSR count). The summed E-state index contributed by atoms with van der Waals surface area (Å²) in [5.41, 5.74) is 0.551. The Morgan fingerprint density at radius 3 is 3.27 bits per heavy atom. The lowest BCUT2D eigenvalue weighted by Crippen LogP contribution is -2.33. The summed E-state index contributed by atoms with van der Waals surface area (Å²) in [5, 5.41) is 6.96. The molecule has 15 heavy (non-hydrogen) atoms. The normalized spacial score (nSPS) is 29.5. The van der Waals surface area contributed by atoms with Crippen LogP contribution in [0.4, 0.5) is 0 Å². The topological polar surface area (TPSA) is 58.4 Å². The first-order chi connectivity index (χ1) is 7.34. The molecule has 2 atom stereocenters. The second kappa shape index (κ2) is 3.34. The first-order valence-corrected chi connectivity index (χ1v) is 5.26. The zero-order chi connectivity index (χ0) is 10.3. The number of amides is 1. The predicted octanol–water partition coefficient (Wildman–Crippen LogP) is 0.108. The minimum absolute atomic E-state index is 0.0347. The van der Waals surface area contributed by atoms with Crippen molar-refractivity contribution in [1.82, 2.24) is 15.4 Å². The van der Waals surface area contributed by atoms with E-state index in [0.29, 0.717) is 17.5 Å². The molecule has 0 saturated carbocycles. The molecule has 5 nitrogen and oxygen atoms in total. The zero-order valence-corrected chi connectivity index (χ0v) is 8.35. The van der Waals surface area contributed by atoms with Crippen molar-refractivity contribution < 1.29 is 9.32 Å². The van der Waals surface area contributed by atoms with Crippen LogP contribution in [0.1, 0.15) is 16.8 Å². The standard InChI is InChI=1S/C10H13N3O2/c14-10(8-3-12-15-6-8)13-4-7-1-2-11-9(7)5-13/h3,6-7,9,11H,1-2,4-5H2. The van der Waals surface area contributed by atoms with Crippen molar-refractivity contribution in [3.63, 3.8) is 0 Å². The van der Waals surface area contributed by atoms with Crippen LogP contribution < -0.4 is 5.32 Å². The van der Waals surface area contributed by atoms with Crippen LogP contribution in [0.25, 0.3) is 0 Å². The van der Waals surface area contributed by atoms with Gasteiger partial charge in [-0.25, -0.2) is 0 Å². The minimum atomic E-state index is 0.0347. The smallest absolute Gasteiger partial charge is 0.258 e. The molecule has 3 heterocycles. The van der Waals surface area contributed by atoms with Gasteiger partial charge in [0.25, 0.3) is 5.91 Å². The third-order valence-corrected chi connectivity index (χ3v) is 3.33. The van der Waals surface area contributed by atoms with Gasteiger partial charge < -0.3 is 14.7 Å². The van der Waals surface area contributed by atoms with Crippen molar-refractivity contribution in [3.8, 4) is 0 Å². The van der Waals surface area contributed by atoms with E-state index >= 15 is 0 Å². The number of likely N-dealkylation sites (tertiary alicyclic amines) is 1. The van der Waals surface area contributed by atoms with Crippen molar-refractivity contribution in [2.24, 2.45) is 5.92 Å². The van der Waals surface area contributed by atoms with Gasteiger partial charge in [0, 0.05) is 19.1 Å². The number of nitrogens with one attached hydrogen (secondary N) is 1. The molecule has 2 fully saturated rings. The zero-order valence-electron chi connectivity index (χ0n) is 8.35. The van der Waals surface area contributed by atoms with E-state index in [9.17, 15) is 4.79 Å². The number of carbonyl (C=O) groups is 1. The van der Waals surface area contributed by atoms with Crippen molar-refractivity contribution in [1.29, 1.82) is 0 Å². The van der Waals surface area contributed by atoms with Gasteiger partial charge >= 0.3 is 0 Å². The summed E-state index contributed by atoms with van der Waals surface area (Å²) >= 11 is 0. The van der Waals surface area contributed by atoms with Crippen LogP contribution in [0, 0.1) is 5.92 Å². The second-order valence-corrected chi connectivity index (χ2v) is 4.23. The molecule has 1 amide bonds. The molecule has 0 aromatic carbocycles. The van der Waals surface area contributed by atoms with Gasteiger partial charge in [-0.3, -0.25) is 4.79 Å². The molecule has 0 aliphatic carbocycles. The lowest BCUT2D eigenvalue weighted by atomic mass is 10.1. The highest BCUT2D eigenvalue weighted by atomic mass is 16.5. The molecule has 2 saturated heterocycles. The van der Waals surface area contributed by atoms with Gasteiger partial charge in [0.15, 0.2) is 0 Å². The number of fused-ring (bicyclic) bond motifs is 1. The Morgan fingerprint density at radius 2 is 2.53 bits per heavy atom. The Balaban J connectivity index is 1.72. The maximum Gasteiger partial charge on any atom is 0.258 e. The molecule has 5 heteroatoms. The lowest BCUT2D eigenvalue weighted by molar-refractivity contribution is 0.0782. The van der Waals surface area contributed by atoms with E-state index in [1.165, 1.54) is 18.9 Å². The number of aromatic nitrogens is 1. The predicted molar refractivity (Wildman–Crippen MR) is 52.3 cm³/mol. The highest BCUT2D eigenvalue weighted by Crippen LogP contribution is 2.25. The Labute approximate surface area is 87.4 Å². The van der Waals surface area contributed by atoms with Gasteiger partial charge in [0.05, 0.1) is 11.8 Å². The lowest BCUT2D eigenvalue weighted by Gasteiger charge is -2.15. The van der Waals surface area contributed by atoms with Gasteiger partial charge in [0.1, 0.15) is 6.26 Å². The van der Waals surface area contributed by atoms with Gasteiger partial charge in [-0.2, -0.15) is 0 Å². The van der Waals surface area contributed by atoms with E-state index in [-0.39, 0.29) is 5.91 Å². The summed E-state index contributed by atoms with van der Waals surface area (Å²) in [6.45, 7) is 2.76. The van der Waals surface area contributed by atoms with Crippen LogP contribution in [0.5, 0.6) is 0 Å². The summed E-state index contributed by atoms with van der Waals surface area (Å²) in [5.74, 6) is 0.668. The molecule has 0 bridgehead atoms. The molecule has 1 aromatic heterocycles. The third-order valence-electron chi connectivity index (χ3n) is 3.33. The van der Waals surface area contributed by atoms with Crippen molar-refractivity contribution in [2.45, 2.75) is 12.5 Å². The maximum absolute atomic E-state index is 11.9. The average Bonchev–Trinajstić information content (AvgIpc) is 2.92. The minimum Gasteiger partial charge on any atom is -0.364 e. The highest BCUT2D eigenvalue weighted by Gasteiger charge is 2.38. The Hall–Kier alpha value is -1.36. The van der Waals surface area contributed by atoms with E-state index in [1.54, 1.807) is 0 Å². The molecule has 80 valence electrons. The average molecular weight is 207 g/mol. The summed E-state index contributed by atoms with van der Waals surface area (Å²) in [6, 6.07) is 0.494. The molecule has 2 unspecified atom stereocenters. The first-order valence-electron chi connectivity index (χ1n) is 5.26. The number of rotatable bonds is 1. The summed E-state index contributed by atoms with van der Waals surface area (Å²) in [6.07, 6.45) is 4.06. The number of hydrogen-bond acceptors (Lipinski definition) is 4. The van der Waals surface area contributed by atoms with Crippen LogP contribution in [-0.4, -0.2) is 41.6 Å². The van der Waals surface area contributed by atoms with Crippen LogP contribution in [0.3, 0.4) is 0 Å². The van der Waals surface area contributed by atoms with E-state index in [1.807, 2.05) is 4.90 Å². The fourth-order valence-electron chi connectivity index (χ4n) is 2.51. The number of hydrogen-bond donors (Lipinski definition) is 1. The Morgan fingerprint density at radius 1 is 1.60 bits per heavy atom. The van der Waals surface area contributed by atoms with E-state index in [4.69, 9.17) is 0 Å². The SMILES string of the molecule is O=C(c1cnoc1)N1CC2CCNC2C1. The van der Waals surface area contributed by atoms with Crippen LogP contribution >= 0.6 is 0 Å². The number of nitrogens with zero attached hydrogens (tertiary/aromatic N) is 2. The van der Waals surface area contributed by atoms with Crippen LogP contribution in [0.15, 0.2) is 17.0 Å².